The Kier molecular flexibility index (Phi) is 6.21. The summed E-state index contributed by atoms with van der Waals surface area (Å²) in [6, 6.07) is -0.314. The summed E-state index contributed by atoms with van der Waals surface area (Å²) in [5.41, 5.74) is 0.854. The largest absolute Gasteiger partial charge is 1.00 e. The van der Waals surface area contributed by atoms with Crippen molar-refractivity contribution in [1.29, 1.82) is 0 Å². The third-order valence-electron chi connectivity index (χ3n) is 5.30. The molecule has 8 nitrogen and oxygen atoms in total. The Labute approximate surface area is 188 Å². The van der Waals surface area contributed by atoms with Crippen LogP contribution in [-0.2, 0) is 16.0 Å². The minimum atomic E-state index is -1.35. The number of nitrogens with zero attached hydrogens (tertiary/aromatic N) is 4. The Morgan fingerprint density at radius 2 is 2.18 bits per heavy atom. The van der Waals surface area contributed by atoms with Gasteiger partial charge in [0.15, 0.2) is 0 Å². The molecule has 4 unspecified atom stereocenters. The summed E-state index contributed by atoms with van der Waals surface area (Å²) in [5, 5.41) is 21.5. The number of carbonyl (C=O) groups is 2. The van der Waals surface area contributed by atoms with Gasteiger partial charge in [0, 0.05) is 35.4 Å². The molecule has 1 amide bonds. The molecule has 0 bridgehead atoms. The molecule has 4 rings (SSSR count). The number of aliphatic hydroxyl groups is 1. The number of thioether (sulfide) groups is 1. The maximum absolute atomic E-state index is 12.3. The van der Waals surface area contributed by atoms with E-state index >= 15 is 0 Å². The molecule has 1 N–H and O–H groups in total. The van der Waals surface area contributed by atoms with Gasteiger partial charge in [0.2, 0.25) is 5.91 Å². The van der Waals surface area contributed by atoms with Gasteiger partial charge >= 0.3 is 29.6 Å². The van der Waals surface area contributed by atoms with Gasteiger partial charge < -0.3 is 24.3 Å². The molecular formula is C18H19N4NaO4S. The zero-order valence-electron chi connectivity index (χ0n) is 15.9. The number of carboxylic acid groups (broad SMARTS) is 1. The first-order valence-corrected chi connectivity index (χ1v) is 9.75. The Balaban J connectivity index is 0.00000225. The van der Waals surface area contributed by atoms with Crippen LogP contribution in [0.2, 0.25) is 0 Å². The summed E-state index contributed by atoms with van der Waals surface area (Å²) >= 11 is 1.41. The van der Waals surface area contributed by atoms with Crippen LogP contribution in [0.1, 0.15) is 19.7 Å². The summed E-state index contributed by atoms with van der Waals surface area (Å²) in [6.45, 7) is 3.46. The number of aryl methyl sites for hydroxylation is 1. The smallest absolute Gasteiger partial charge is 0.543 e. The van der Waals surface area contributed by atoms with Crippen LogP contribution in [0.3, 0.4) is 0 Å². The summed E-state index contributed by atoms with van der Waals surface area (Å²) in [6.07, 6.45) is 6.83. The van der Waals surface area contributed by atoms with E-state index in [1.807, 2.05) is 17.5 Å². The number of imidazole rings is 1. The minimum absolute atomic E-state index is 0. The topological polar surface area (TPSA) is 111 Å². The van der Waals surface area contributed by atoms with Gasteiger partial charge in [0.05, 0.1) is 47.6 Å². The van der Waals surface area contributed by atoms with E-state index in [9.17, 15) is 19.8 Å². The number of carboxylic acids is 1. The van der Waals surface area contributed by atoms with E-state index in [1.165, 1.54) is 16.7 Å². The number of rotatable bonds is 6. The van der Waals surface area contributed by atoms with Gasteiger partial charge in [-0.25, -0.2) is 4.98 Å². The zero-order chi connectivity index (χ0) is 19.3. The first-order valence-electron chi connectivity index (χ1n) is 8.77. The molecule has 0 spiro atoms. The van der Waals surface area contributed by atoms with Crippen LogP contribution >= 0.6 is 11.8 Å². The second-order valence-corrected chi connectivity index (χ2v) is 8.04. The van der Waals surface area contributed by atoms with Gasteiger partial charge in [-0.1, -0.05) is 6.92 Å². The molecule has 0 aliphatic carbocycles. The van der Waals surface area contributed by atoms with E-state index in [0.717, 1.165) is 11.3 Å². The van der Waals surface area contributed by atoms with Crippen molar-refractivity contribution in [3.8, 4) is 0 Å². The molecule has 0 aromatic carbocycles. The monoisotopic (exact) mass is 410 g/mol. The fraction of sp³-hybridized carbons (Fsp3) is 0.444. The normalized spacial score (nSPS) is 24.8. The van der Waals surface area contributed by atoms with Crippen LogP contribution in [0.4, 0.5) is 0 Å². The van der Waals surface area contributed by atoms with Crippen molar-refractivity contribution in [3.63, 3.8) is 0 Å². The number of aliphatic carboxylic acids is 1. The number of aliphatic hydroxyl groups excluding tert-OH is 1. The number of hydrogen-bond acceptors (Lipinski definition) is 7. The van der Waals surface area contributed by atoms with Crippen LogP contribution in [0, 0.1) is 11.8 Å². The van der Waals surface area contributed by atoms with Gasteiger partial charge in [-0.3, -0.25) is 9.78 Å². The van der Waals surface area contributed by atoms with Crippen molar-refractivity contribution in [3.05, 3.63) is 41.2 Å². The van der Waals surface area contributed by atoms with Crippen molar-refractivity contribution < 1.29 is 49.4 Å². The van der Waals surface area contributed by atoms with Crippen molar-refractivity contribution in [2.45, 2.75) is 32.4 Å². The van der Waals surface area contributed by atoms with Gasteiger partial charge in [-0.05, 0) is 6.92 Å². The molecule has 1 saturated heterocycles. The maximum Gasteiger partial charge on any atom is 1.00 e. The molecule has 10 heteroatoms. The average molecular weight is 410 g/mol. The first kappa shape index (κ1) is 21.3. The van der Waals surface area contributed by atoms with E-state index in [-0.39, 0.29) is 53.1 Å². The molecule has 0 saturated carbocycles. The SMILES string of the molecule is CC(O)C1C(=O)N2C(C(=O)[O-])=C(SCCc3ncc4cnccn34)C(C)C12.[Na+]. The van der Waals surface area contributed by atoms with Gasteiger partial charge in [0.25, 0.3) is 0 Å². The fourth-order valence-corrected chi connectivity index (χ4v) is 5.27. The quantitative estimate of drug-likeness (QED) is 0.395. The molecule has 4 heterocycles. The van der Waals surface area contributed by atoms with E-state index < -0.39 is 18.0 Å². The molecule has 1 fully saturated rings. The Bertz CT molecular complexity index is 960. The number of carbonyl (C=O) groups excluding carboxylic acids is 2. The predicted molar refractivity (Wildman–Crippen MR) is 96.2 cm³/mol. The average Bonchev–Trinajstić information content (AvgIpc) is 3.13. The Hall–Kier alpha value is -1.39. The van der Waals surface area contributed by atoms with Crippen LogP contribution in [0.15, 0.2) is 35.4 Å². The molecule has 142 valence electrons. The summed E-state index contributed by atoms with van der Waals surface area (Å²) < 4.78 is 1.94. The van der Waals surface area contributed by atoms with Crippen LogP contribution in [0.25, 0.3) is 5.52 Å². The Morgan fingerprint density at radius 3 is 2.86 bits per heavy atom. The molecular weight excluding hydrogens is 391 g/mol. The number of hydrogen-bond donors (Lipinski definition) is 1. The molecule has 4 atom stereocenters. The predicted octanol–water partition coefficient (Wildman–Crippen LogP) is -3.17. The summed E-state index contributed by atoms with van der Waals surface area (Å²) in [4.78, 5) is 34.4. The van der Waals surface area contributed by atoms with E-state index in [4.69, 9.17) is 0 Å². The maximum atomic E-state index is 12.3. The van der Waals surface area contributed by atoms with E-state index in [2.05, 4.69) is 9.97 Å². The third-order valence-corrected chi connectivity index (χ3v) is 6.58. The second-order valence-electron chi connectivity index (χ2n) is 6.90. The van der Waals surface area contributed by atoms with Gasteiger partial charge in [0.1, 0.15) is 5.82 Å². The number of aromatic nitrogens is 3. The van der Waals surface area contributed by atoms with E-state index in [1.54, 1.807) is 25.5 Å². The van der Waals surface area contributed by atoms with Crippen LogP contribution < -0.4 is 34.7 Å². The number of amides is 1. The number of β-lactam (4-membered cyclic amide) rings is 1. The molecule has 0 radical (unpaired) electrons. The molecule has 2 aromatic heterocycles. The molecule has 28 heavy (non-hydrogen) atoms. The van der Waals surface area contributed by atoms with Gasteiger partial charge in [-0.15, -0.1) is 11.8 Å². The van der Waals surface area contributed by atoms with Crippen molar-refractivity contribution in [2.75, 3.05) is 5.75 Å². The first-order chi connectivity index (χ1) is 12.9. The fourth-order valence-electron chi connectivity index (χ4n) is 4.05. The Morgan fingerprint density at radius 1 is 1.43 bits per heavy atom. The van der Waals surface area contributed by atoms with Crippen molar-refractivity contribution in [1.82, 2.24) is 19.3 Å². The second kappa shape index (κ2) is 8.16. The van der Waals surface area contributed by atoms with Crippen molar-refractivity contribution in [2.24, 2.45) is 11.8 Å². The van der Waals surface area contributed by atoms with Gasteiger partial charge in [-0.2, -0.15) is 0 Å². The van der Waals surface area contributed by atoms with Crippen molar-refractivity contribution >= 4 is 29.2 Å². The molecule has 2 aliphatic rings. The van der Waals surface area contributed by atoms with Crippen LogP contribution in [-0.4, -0.2) is 54.2 Å². The number of fused-ring (bicyclic) bond motifs is 2. The minimum Gasteiger partial charge on any atom is -0.543 e. The standard InChI is InChI=1S/C18H20N4O4S.Na/c1-9-14-13(10(2)23)17(24)22(14)15(18(25)26)16(9)27-6-3-12-20-8-11-7-19-4-5-21(11)12;/h4-5,7-10,13-14,23H,3,6H2,1-2H3,(H,25,26);/q;+1/p-1. The van der Waals surface area contributed by atoms with E-state index in [0.29, 0.717) is 17.1 Å². The zero-order valence-corrected chi connectivity index (χ0v) is 18.7. The summed E-state index contributed by atoms with van der Waals surface area (Å²) in [7, 11) is 0. The molecule has 2 aromatic rings. The third kappa shape index (κ3) is 3.29. The molecule has 2 aliphatic heterocycles. The van der Waals surface area contributed by atoms with Crippen LogP contribution in [0.5, 0.6) is 0 Å². The summed E-state index contributed by atoms with van der Waals surface area (Å²) in [5.74, 6) is -0.920.